The van der Waals surface area contributed by atoms with Gasteiger partial charge in [-0.3, -0.25) is 9.59 Å². The molecule has 0 bridgehead atoms. The lowest BCUT2D eigenvalue weighted by Gasteiger charge is -2.10. The summed E-state index contributed by atoms with van der Waals surface area (Å²) in [6, 6.07) is 8.62. The topological polar surface area (TPSA) is 71.1 Å². The van der Waals surface area contributed by atoms with Gasteiger partial charge in [0.25, 0.3) is 0 Å². The van der Waals surface area contributed by atoms with E-state index >= 15 is 0 Å². The summed E-state index contributed by atoms with van der Waals surface area (Å²) < 4.78 is 21.8. The summed E-state index contributed by atoms with van der Waals surface area (Å²) in [7, 11) is 3.11. The molecule has 1 aliphatic heterocycles. The molecule has 0 amide bonds. The standard InChI is InChI=1S/C22H20O6/c1-12-16(28-22(24)14-5-6-14)9-7-15-20(23)19(27-21(12)15)11-13-4-8-17(25-2)18(10-13)26-3/h4,7-11,14H,5-6H2,1-3H3/b19-11-. The van der Waals surface area contributed by atoms with Gasteiger partial charge in [-0.25, -0.2) is 0 Å². The zero-order valence-electron chi connectivity index (χ0n) is 15.9. The third-order valence-electron chi connectivity index (χ3n) is 4.86. The number of hydrogen-bond acceptors (Lipinski definition) is 6. The fourth-order valence-corrected chi connectivity index (χ4v) is 3.08. The van der Waals surface area contributed by atoms with Gasteiger partial charge in [0.05, 0.1) is 25.7 Å². The van der Waals surface area contributed by atoms with Gasteiger partial charge in [0, 0.05) is 5.56 Å². The summed E-state index contributed by atoms with van der Waals surface area (Å²) in [5.74, 6) is 1.77. The second-order valence-corrected chi connectivity index (χ2v) is 6.81. The molecule has 0 aromatic heterocycles. The number of ether oxygens (including phenoxy) is 4. The highest BCUT2D eigenvalue weighted by Gasteiger charge is 2.34. The maximum atomic E-state index is 12.7. The van der Waals surface area contributed by atoms with Crippen molar-refractivity contribution in [1.82, 2.24) is 0 Å². The van der Waals surface area contributed by atoms with Crippen LogP contribution in [0.1, 0.15) is 34.3 Å². The number of fused-ring (bicyclic) bond motifs is 1. The van der Waals surface area contributed by atoms with E-state index in [0.717, 1.165) is 18.4 Å². The lowest BCUT2D eigenvalue weighted by atomic mass is 10.1. The van der Waals surface area contributed by atoms with E-state index in [0.29, 0.717) is 34.1 Å². The minimum atomic E-state index is -0.228. The van der Waals surface area contributed by atoms with E-state index in [1.54, 1.807) is 51.5 Å². The Kier molecular flexibility index (Phi) is 4.55. The number of allylic oxidation sites excluding steroid dienone is 1. The van der Waals surface area contributed by atoms with Gasteiger partial charge in [0.2, 0.25) is 5.78 Å². The molecule has 1 heterocycles. The number of carbonyl (C=O) groups is 2. The first-order valence-corrected chi connectivity index (χ1v) is 9.03. The molecule has 0 radical (unpaired) electrons. The fraction of sp³-hybridized carbons (Fsp3) is 0.273. The largest absolute Gasteiger partial charge is 0.493 e. The third-order valence-corrected chi connectivity index (χ3v) is 4.86. The van der Waals surface area contributed by atoms with Crippen molar-refractivity contribution in [3.8, 4) is 23.0 Å². The predicted octanol–water partition coefficient (Wildman–Crippen LogP) is 3.94. The van der Waals surface area contributed by atoms with Crippen LogP contribution in [0.3, 0.4) is 0 Å². The summed E-state index contributed by atoms with van der Waals surface area (Å²) in [5.41, 5.74) is 1.83. The smallest absolute Gasteiger partial charge is 0.314 e. The van der Waals surface area contributed by atoms with E-state index in [-0.39, 0.29) is 23.4 Å². The van der Waals surface area contributed by atoms with Gasteiger partial charge < -0.3 is 18.9 Å². The lowest BCUT2D eigenvalue weighted by Crippen LogP contribution is -2.10. The molecule has 0 N–H and O–H groups in total. The number of esters is 1. The van der Waals surface area contributed by atoms with Gasteiger partial charge in [-0.1, -0.05) is 6.07 Å². The van der Waals surface area contributed by atoms with Crippen LogP contribution in [0.15, 0.2) is 36.1 Å². The van der Waals surface area contributed by atoms with E-state index in [4.69, 9.17) is 18.9 Å². The summed E-state index contributed by atoms with van der Waals surface area (Å²) in [6.45, 7) is 1.78. The SMILES string of the molecule is COc1ccc(/C=C2\Oc3c(ccc(OC(=O)C4CC4)c3C)C2=O)cc1OC. The van der Waals surface area contributed by atoms with Crippen LogP contribution in [-0.4, -0.2) is 26.0 Å². The molecule has 2 aromatic rings. The Labute approximate surface area is 162 Å². The van der Waals surface area contributed by atoms with Crippen molar-refractivity contribution >= 4 is 17.8 Å². The van der Waals surface area contributed by atoms with Crippen LogP contribution in [0, 0.1) is 12.8 Å². The third kappa shape index (κ3) is 3.22. The van der Waals surface area contributed by atoms with Crippen molar-refractivity contribution in [2.75, 3.05) is 14.2 Å². The van der Waals surface area contributed by atoms with Crippen molar-refractivity contribution in [1.29, 1.82) is 0 Å². The van der Waals surface area contributed by atoms with Crippen molar-refractivity contribution < 1.29 is 28.5 Å². The Morgan fingerprint density at radius 1 is 1.07 bits per heavy atom. The Bertz CT molecular complexity index is 1000. The molecule has 28 heavy (non-hydrogen) atoms. The number of ketones is 1. The molecule has 2 aliphatic rings. The molecule has 6 nitrogen and oxygen atoms in total. The monoisotopic (exact) mass is 380 g/mol. The summed E-state index contributed by atoms with van der Waals surface area (Å²) in [6.07, 6.45) is 3.39. The van der Waals surface area contributed by atoms with Crippen molar-refractivity contribution in [3.63, 3.8) is 0 Å². The average Bonchev–Trinajstić information content (AvgIpc) is 3.50. The minimum absolute atomic E-state index is 0.00397. The lowest BCUT2D eigenvalue weighted by molar-refractivity contribution is -0.135. The zero-order chi connectivity index (χ0) is 19.8. The normalized spacial score (nSPS) is 16.5. The summed E-state index contributed by atoms with van der Waals surface area (Å²) >= 11 is 0. The molecule has 0 spiro atoms. The van der Waals surface area contributed by atoms with Gasteiger partial charge in [0.1, 0.15) is 11.5 Å². The highest BCUT2D eigenvalue weighted by molar-refractivity contribution is 6.15. The summed E-state index contributed by atoms with van der Waals surface area (Å²) in [4.78, 5) is 24.7. The molecule has 144 valence electrons. The Hall–Kier alpha value is -3.28. The van der Waals surface area contributed by atoms with Crippen LogP contribution in [0.5, 0.6) is 23.0 Å². The Morgan fingerprint density at radius 3 is 2.46 bits per heavy atom. The number of carbonyl (C=O) groups excluding carboxylic acids is 2. The van der Waals surface area contributed by atoms with Crippen molar-refractivity contribution in [2.45, 2.75) is 19.8 Å². The van der Waals surface area contributed by atoms with Crippen LogP contribution in [-0.2, 0) is 4.79 Å². The number of Topliss-reactive ketones (excluding diaryl/α,β-unsaturated/α-hetero) is 1. The van der Waals surface area contributed by atoms with E-state index in [1.165, 1.54) is 0 Å². The first-order valence-electron chi connectivity index (χ1n) is 9.03. The maximum absolute atomic E-state index is 12.7. The quantitative estimate of drug-likeness (QED) is 0.444. The molecular weight excluding hydrogens is 360 g/mol. The fourth-order valence-electron chi connectivity index (χ4n) is 3.08. The molecule has 0 saturated heterocycles. The first-order chi connectivity index (χ1) is 13.5. The van der Waals surface area contributed by atoms with Crippen LogP contribution >= 0.6 is 0 Å². The predicted molar refractivity (Wildman–Crippen MR) is 102 cm³/mol. The highest BCUT2D eigenvalue weighted by Crippen LogP contribution is 2.40. The van der Waals surface area contributed by atoms with Gasteiger partial charge in [0.15, 0.2) is 17.3 Å². The zero-order valence-corrected chi connectivity index (χ0v) is 15.9. The number of benzene rings is 2. The van der Waals surface area contributed by atoms with Crippen LogP contribution < -0.4 is 18.9 Å². The van der Waals surface area contributed by atoms with Gasteiger partial charge in [-0.2, -0.15) is 0 Å². The highest BCUT2D eigenvalue weighted by atomic mass is 16.5. The maximum Gasteiger partial charge on any atom is 0.314 e. The first kappa shape index (κ1) is 18.1. The molecule has 6 heteroatoms. The molecule has 2 aromatic carbocycles. The molecule has 4 rings (SSSR count). The molecule has 0 atom stereocenters. The van der Waals surface area contributed by atoms with Crippen LogP contribution in [0.2, 0.25) is 0 Å². The van der Waals surface area contributed by atoms with E-state index in [1.807, 2.05) is 6.07 Å². The second-order valence-electron chi connectivity index (χ2n) is 6.81. The average molecular weight is 380 g/mol. The van der Waals surface area contributed by atoms with E-state index in [2.05, 4.69) is 0 Å². The Balaban J connectivity index is 1.62. The number of rotatable bonds is 5. The Morgan fingerprint density at radius 2 is 1.79 bits per heavy atom. The molecule has 0 unspecified atom stereocenters. The number of methoxy groups -OCH3 is 2. The minimum Gasteiger partial charge on any atom is -0.493 e. The van der Waals surface area contributed by atoms with Gasteiger partial charge >= 0.3 is 5.97 Å². The van der Waals surface area contributed by atoms with Gasteiger partial charge in [-0.15, -0.1) is 0 Å². The van der Waals surface area contributed by atoms with E-state index in [9.17, 15) is 9.59 Å². The molecule has 1 aliphatic carbocycles. The molecule has 1 saturated carbocycles. The van der Waals surface area contributed by atoms with E-state index < -0.39 is 0 Å². The molecular formula is C22H20O6. The van der Waals surface area contributed by atoms with Gasteiger partial charge in [-0.05, 0) is 55.7 Å². The second kappa shape index (κ2) is 7.03. The van der Waals surface area contributed by atoms with Crippen molar-refractivity contribution in [2.24, 2.45) is 5.92 Å². The summed E-state index contributed by atoms with van der Waals surface area (Å²) in [5, 5.41) is 0. The van der Waals surface area contributed by atoms with Crippen molar-refractivity contribution in [3.05, 3.63) is 52.8 Å². The van der Waals surface area contributed by atoms with Crippen LogP contribution in [0.4, 0.5) is 0 Å². The number of hydrogen-bond donors (Lipinski definition) is 0. The molecule has 1 fully saturated rings. The van der Waals surface area contributed by atoms with Crippen LogP contribution in [0.25, 0.3) is 6.08 Å².